The molecule has 0 bridgehead atoms. The summed E-state index contributed by atoms with van der Waals surface area (Å²) in [6, 6.07) is 11.4. The largest absolute Gasteiger partial charge is 0.357 e. The Hall–Kier alpha value is -3.26. The van der Waals surface area contributed by atoms with Crippen LogP contribution in [-0.2, 0) is 6.54 Å². The number of aryl methyl sites for hydroxylation is 1. The van der Waals surface area contributed by atoms with Gasteiger partial charge in [0.05, 0.1) is 0 Å². The Labute approximate surface area is 161 Å². The monoisotopic (exact) mass is 375 g/mol. The van der Waals surface area contributed by atoms with Crippen LogP contribution in [0.2, 0.25) is 0 Å². The number of pyridine rings is 1. The van der Waals surface area contributed by atoms with Crippen LogP contribution in [0.15, 0.2) is 47.5 Å². The van der Waals surface area contributed by atoms with E-state index in [4.69, 9.17) is 0 Å². The number of H-pyrrole nitrogens is 1. The van der Waals surface area contributed by atoms with E-state index >= 15 is 0 Å². The van der Waals surface area contributed by atoms with E-state index in [-0.39, 0.29) is 5.43 Å². The maximum Gasteiger partial charge on any atom is 0.254 e. The minimum atomic E-state index is 0.0730. The summed E-state index contributed by atoms with van der Waals surface area (Å²) in [6.45, 7) is 6.30. The lowest BCUT2D eigenvalue weighted by Gasteiger charge is -2.35. The molecule has 142 valence electrons. The molecule has 0 saturated carbocycles. The fraction of sp³-hybridized carbons (Fsp3) is 0.300. The van der Waals surface area contributed by atoms with Crippen molar-refractivity contribution in [1.82, 2.24) is 29.5 Å². The number of fused-ring (bicyclic) bond motifs is 2. The lowest BCUT2D eigenvalue weighted by Crippen LogP contribution is -2.46. The Morgan fingerprint density at radius 1 is 1.11 bits per heavy atom. The highest BCUT2D eigenvalue weighted by molar-refractivity contribution is 5.78. The molecule has 0 amide bonds. The van der Waals surface area contributed by atoms with Crippen LogP contribution >= 0.6 is 0 Å². The smallest absolute Gasteiger partial charge is 0.254 e. The van der Waals surface area contributed by atoms with E-state index in [0.717, 1.165) is 60.8 Å². The van der Waals surface area contributed by atoms with Crippen molar-refractivity contribution >= 4 is 22.5 Å². The molecule has 0 unspecified atom stereocenters. The van der Waals surface area contributed by atoms with Crippen molar-refractivity contribution in [2.75, 3.05) is 31.1 Å². The number of anilines is 1. The molecule has 0 spiro atoms. The minimum Gasteiger partial charge on any atom is -0.357 e. The normalized spacial score (nSPS) is 15.5. The zero-order valence-corrected chi connectivity index (χ0v) is 15.7. The average Bonchev–Trinajstić information content (AvgIpc) is 3.16. The molecule has 8 heteroatoms. The first-order chi connectivity index (χ1) is 13.7. The fourth-order valence-corrected chi connectivity index (χ4v) is 3.85. The number of aromatic nitrogens is 5. The molecule has 0 atom stereocenters. The average molecular weight is 375 g/mol. The maximum absolute atomic E-state index is 12.3. The van der Waals surface area contributed by atoms with Gasteiger partial charge in [0, 0.05) is 67.1 Å². The highest BCUT2D eigenvalue weighted by Gasteiger charge is 2.20. The van der Waals surface area contributed by atoms with Gasteiger partial charge in [-0.25, -0.2) is 4.98 Å². The minimum absolute atomic E-state index is 0.0730. The van der Waals surface area contributed by atoms with Gasteiger partial charge >= 0.3 is 0 Å². The third kappa shape index (κ3) is 3.01. The summed E-state index contributed by atoms with van der Waals surface area (Å²) in [5.41, 5.74) is 2.86. The summed E-state index contributed by atoms with van der Waals surface area (Å²) in [5.74, 6) is 1.66. The lowest BCUT2D eigenvalue weighted by molar-refractivity contribution is 0.246. The second-order valence-corrected chi connectivity index (χ2v) is 7.20. The van der Waals surface area contributed by atoms with Crippen molar-refractivity contribution in [3.8, 4) is 0 Å². The summed E-state index contributed by atoms with van der Waals surface area (Å²) in [6.07, 6.45) is 1.54. The number of piperazine rings is 1. The molecular weight excluding hydrogens is 354 g/mol. The molecule has 4 aromatic rings. The number of nitrogens with zero attached hydrogens (tertiary/aromatic N) is 6. The molecule has 8 nitrogen and oxygen atoms in total. The number of hydrogen-bond donors (Lipinski definition) is 1. The third-order valence-corrected chi connectivity index (χ3v) is 5.24. The lowest BCUT2D eigenvalue weighted by atomic mass is 10.2. The fourth-order valence-electron chi connectivity index (χ4n) is 3.85. The van der Waals surface area contributed by atoms with Crippen molar-refractivity contribution in [3.05, 3.63) is 64.3 Å². The number of benzene rings is 1. The zero-order valence-electron chi connectivity index (χ0n) is 15.7. The molecule has 1 aromatic carbocycles. The number of aromatic amines is 1. The Balaban J connectivity index is 1.32. The van der Waals surface area contributed by atoms with Crippen LogP contribution in [0.1, 0.15) is 11.4 Å². The molecule has 0 aliphatic carbocycles. The van der Waals surface area contributed by atoms with Crippen LogP contribution in [0.5, 0.6) is 0 Å². The number of para-hydroxylation sites is 1. The molecule has 4 heterocycles. The Morgan fingerprint density at radius 3 is 2.79 bits per heavy atom. The molecular formula is C20H21N7O. The SMILES string of the molecule is Cc1cc(N2CCN(Cc3cc(=O)c4ccccc4[nH]3)CC2)n2ncnc2n1. The summed E-state index contributed by atoms with van der Waals surface area (Å²) >= 11 is 0. The first-order valence-electron chi connectivity index (χ1n) is 9.43. The van der Waals surface area contributed by atoms with Crippen molar-refractivity contribution in [3.63, 3.8) is 0 Å². The number of rotatable bonds is 3. The molecule has 1 fully saturated rings. The van der Waals surface area contributed by atoms with Gasteiger partial charge in [-0.05, 0) is 19.1 Å². The van der Waals surface area contributed by atoms with Crippen molar-refractivity contribution in [2.45, 2.75) is 13.5 Å². The van der Waals surface area contributed by atoms with Gasteiger partial charge < -0.3 is 9.88 Å². The van der Waals surface area contributed by atoms with Gasteiger partial charge in [0.25, 0.3) is 5.78 Å². The highest BCUT2D eigenvalue weighted by Crippen LogP contribution is 2.18. The molecule has 1 N–H and O–H groups in total. The van der Waals surface area contributed by atoms with E-state index < -0.39 is 0 Å². The standard InChI is InChI=1S/C20H21N7O/c1-14-10-19(27-20(23-14)21-13-22-27)26-8-6-25(7-9-26)12-15-11-18(28)16-4-2-3-5-17(16)24-15/h2-5,10-11,13H,6-9,12H2,1H3,(H,24,28). The van der Waals surface area contributed by atoms with Crippen molar-refractivity contribution < 1.29 is 0 Å². The van der Waals surface area contributed by atoms with Crippen LogP contribution < -0.4 is 10.3 Å². The van der Waals surface area contributed by atoms with E-state index in [1.165, 1.54) is 6.33 Å². The molecule has 1 aliphatic rings. The molecule has 3 aromatic heterocycles. The zero-order chi connectivity index (χ0) is 19.1. The van der Waals surface area contributed by atoms with Gasteiger partial charge in [-0.2, -0.15) is 14.6 Å². The van der Waals surface area contributed by atoms with E-state index in [0.29, 0.717) is 5.78 Å². The number of hydrogen-bond acceptors (Lipinski definition) is 6. The predicted molar refractivity (Wildman–Crippen MR) is 108 cm³/mol. The van der Waals surface area contributed by atoms with E-state index in [1.807, 2.05) is 31.2 Å². The summed E-state index contributed by atoms with van der Waals surface area (Å²) in [4.78, 5) is 29.0. The van der Waals surface area contributed by atoms with Crippen LogP contribution in [0, 0.1) is 6.92 Å². The Kier molecular flexibility index (Phi) is 4.05. The number of nitrogens with one attached hydrogen (secondary N) is 1. The Morgan fingerprint density at radius 2 is 1.93 bits per heavy atom. The molecule has 5 rings (SSSR count). The molecule has 28 heavy (non-hydrogen) atoms. The predicted octanol–water partition coefficient (Wildman–Crippen LogP) is 1.60. The highest BCUT2D eigenvalue weighted by atomic mass is 16.1. The van der Waals surface area contributed by atoms with E-state index in [2.05, 4.69) is 35.9 Å². The van der Waals surface area contributed by atoms with Gasteiger partial charge in [-0.1, -0.05) is 12.1 Å². The summed E-state index contributed by atoms with van der Waals surface area (Å²) in [7, 11) is 0. The van der Waals surface area contributed by atoms with Crippen LogP contribution in [-0.4, -0.2) is 55.6 Å². The van der Waals surface area contributed by atoms with Crippen molar-refractivity contribution in [2.24, 2.45) is 0 Å². The Bertz CT molecular complexity index is 1200. The second-order valence-electron chi connectivity index (χ2n) is 7.20. The van der Waals surface area contributed by atoms with Gasteiger partial charge in [0.2, 0.25) is 0 Å². The molecule has 1 aliphatic heterocycles. The third-order valence-electron chi connectivity index (χ3n) is 5.24. The van der Waals surface area contributed by atoms with Gasteiger partial charge in [-0.15, -0.1) is 0 Å². The van der Waals surface area contributed by atoms with E-state index in [9.17, 15) is 4.79 Å². The second kappa shape index (κ2) is 6.72. The van der Waals surface area contributed by atoms with Crippen LogP contribution in [0.4, 0.5) is 5.82 Å². The van der Waals surface area contributed by atoms with Gasteiger partial charge in [0.15, 0.2) is 5.43 Å². The molecule has 0 radical (unpaired) electrons. The van der Waals surface area contributed by atoms with Crippen LogP contribution in [0.3, 0.4) is 0 Å². The maximum atomic E-state index is 12.3. The van der Waals surface area contributed by atoms with Crippen molar-refractivity contribution in [1.29, 1.82) is 0 Å². The molecule has 1 saturated heterocycles. The quantitative estimate of drug-likeness (QED) is 0.586. The summed E-state index contributed by atoms with van der Waals surface area (Å²) < 4.78 is 1.80. The first-order valence-corrected chi connectivity index (χ1v) is 9.43. The van der Waals surface area contributed by atoms with Crippen LogP contribution in [0.25, 0.3) is 16.7 Å². The topological polar surface area (TPSA) is 82.4 Å². The summed E-state index contributed by atoms with van der Waals surface area (Å²) in [5, 5.41) is 5.05. The van der Waals surface area contributed by atoms with Gasteiger partial charge in [-0.3, -0.25) is 9.69 Å². The van der Waals surface area contributed by atoms with Gasteiger partial charge in [0.1, 0.15) is 12.1 Å². The van der Waals surface area contributed by atoms with E-state index in [1.54, 1.807) is 10.6 Å². The first kappa shape index (κ1) is 16.9.